The Kier molecular flexibility index (Phi) is 5.69. The minimum Gasteiger partial charge on any atom is -0.497 e. The van der Waals surface area contributed by atoms with Crippen molar-refractivity contribution in [2.75, 3.05) is 7.11 Å². The minimum absolute atomic E-state index is 0.247. The van der Waals surface area contributed by atoms with Gasteiger partial charge in [0.2, 0.25) is 0 Å². The summed E-state index contributed by atoms with van der Waals surface area (Å²) in [5.74, 6) is 0.380. The summed E-state index contributed by atoms with van der Waals surface area (Å²) in [6.45, 7) is 0.275. The highest BCUT2D eigenvalue weighted by molar-refractivity contribution is 5.81. The van der Waals surface area contributed by atoms with Crippen molar-refractivity contribution in [1.29, 1.82) is 0 Å². The molecule has 0 N–H and O–H groups in total. The number of rotatable bonds is 7. The predicted molar refractivity (Wildman–Crippen MR) is 98.2 cm³/mol. The number of benzene rings is 2. The lowest BCUT2D eigenvalue weighted by atomic mass is 10.0. The van der Waals surface area contributed by atoms with Crippen LogP contribution in [0.2, 0.25) is 0 Å². The zero-order valence-corrected chi connectivity index (χ0v) is 14.6. The topological polar surface area (TPSA) is 65.7 Å². The number of carbonyl (C=O) groups excluding carboxylic acids is 1. The molecule has 0 saturated heterocycles. The second-order valence-electron chi connectivity index (χ2n) is 5.95. The van der Waals surface area contributed by atoms with Gasteiger partial charge in [0, 0.05) is 23.9 Å². The summed E-state index contributed by atoms with van der Waals surface area (Å²) in [7, 11) is 1.56. The van der Waals surface area contributed by atoms with Crippen LogP contribution in [0.25, 0.3) is 11.0 Å². The van der Waals surface area contributed by atoms with E-state index in [1.807, 2.05) is 42.5 Å². The molecule has 0 atom stereocenters. The first-order valence-corrected chi connectivity index (χ1v) is 8.46. The van der Waals surface area contributed by atoms with Crippen molar-refractivity contribution in [3.05, 3.63) is 76.1 Å². The molecule has 0 aliphatic rings. The molecular formula is C21H20O5. The van der Waals surface area contributed by atoms with Gasteiger partial charge in [-0.2, -0.15) is 0 Å². The Hall–Kier alpha value is -3.08. The van der Waals surface area contributed by atoms with Crippen LogP contribution in [0.15, 0.2) is 63.8 Å². The molecule has 0 unspecified atom stereocenters. The van der Waals surface area contributed by atoms with Crippen molar-refractivity contribution >= 4 is 16.9 Å². The molecule has 0 aliphatic carbocycles. The molecule has 2 aromatic carbocycles. The van der Waals surface area contributed by atoms with Crippen molar-refractivity contribution in [3.8, 4) is 5.75 Å². The Bertz CT molecular complexity index is 944. The van der Waals surface area contributed by atoms with Crippen molar-refractivity contribution < 1.29 is 18.7 Å². The highest BCUT2D eigenvalue weighted by Crippen LogP contribution is 2.23. The third-order valence-electron chi connectivity index (χ3n) is 4.11. The molecule has 0 radical (unpaired) electrons. The van der Waals surface area contributed by atoms with E-state index in [0.717, 1.165) is 16.5 Å². The predicted octanol–water partition coefficient (Wildman–Crippen LogP) is 3.87. The van der Waals surface area contributed by atoms with Crippen LogP contribution in [0.1, 0.15) is 24.0 Å². The number of carbonyl (C=O) groups is 1. The average Bonchev–Trinajstić information content (AvgIpc) is 2.66. The van der Waals surface area contributed by atoms with Crippen LogP contribution in [0.3, 0.4) is 0 Å². The Morgan fingerprint density at radius 3 is 2.65 bits per heavy atom. The molecule has 5 nitrogen and oxygen atoms in total. The van der Waals surface area contributed by atoms with Crippen molar-refractivity contribution in [2.24, 2.45) is 0 Å². The van der Waals surface area contributed by atoms with Gasteiger partial charge in [-0.05, 0) is 36.1 Å². The van der Waals surface area contributed by atoms with E-state index in [0.29, 0.717) is 30.6 Å². The van der Waals surface area contributed by atoms with E-state index in [1.54, 1.807) is 13.2 Å². The van der Waals surface area contributed by atoms with Gasteiger partial charge in [-0.1, -0.05) is 30.3 Å². The smallest absolute Gasteiger partial charge is 0.336 e. The van der Waals surface area contributed by atoms with E-state index in [1.165, 1.54) is 6.07 Å². The summed E-state index contributed by atoms with van der Waals surface area (Å²) in [5.41, 5.74) is 1.89. The number of fused-ring (bicyclic) bond motifs is 1. The Morgan fingerprint density at radius 1 is 1.08 bits per heavy atom. The van der Waals surface area contributed by atoms with Crippen molar-refractivity contribution in [2.45, 2.75) is 25.9 Å². The van der Waals surface area contributed by atoms with Gasteiger partial charge in [0.25, 0.3) is 0 Å². The first-order valence-electron chi connectivity index (χ1n) is 8.46. The lowest BCUT2D eigenvalue weighted by Crippen LogP contribution is -2.06. The number of hydrogen-bond acceptors (Lipinski definition) is 5. The summed E-state index contributed by atoms with van der Waals surface area (Å²) in [4.78, 5) is 23.7. The minimum atomic E-state index is -0.410. The van der Waals surface area contributed by atoms with Gasteiger partial charge in [-0.25, -0.2) is 4.79 Å². The van der Waals surface area contributed by atoms with Crippen LogP contribution < -0.4 is 10.4 Å². The second kappa shape index (κ2) is 8.34. The van der Waals surface area contributed by atoms with Crippen molar-refractivity contribution in [3.63, 3.8) is 0 Å². The zero-order chi connectivity index (χ0) is 18.4. The number of hydrogen-bond donors (Lipinski definition) is 0. The summed E-state index contributed by atoms with van der Waals surface area (Å²) in [5, 5.41) is 0.850. The van der Waals surface area contributed by atoms with Crippen LogP contribution in [0.4, 0.5) is 0 Å². The molecule has 5 heteroatoms. The molecule has 0 saturated carbocycles. The summed E-state index contributed by atoms with van der Waals surface area (Å²) >= 11 is 0. The van der Waals surface area contributed by atoms with E-state index in [4.69, 9.17) is 13.9 Å². The first-order chi connectivity index (χ1) is 12.7. The van der Waals surface area contributed by atoms with E-state index in [2.05, 4.69) is 0 Å². The molecule has 0 aliphatic heterocycles. The zero-order valence-electron chi connectivity index (χ0n) is 14.6. The van der Waals surface area contributed by atoms with E-state index in [-0.39, 0.29) is 12.6 Å². The lowest BCUT2D eigenvalue weighted by molar-refractivity contribution is -0.145. The maximum absolute atomic E-state index is 11.9. The molecule has 3 rings (SSSR count). The highest BCUT2D eigenvalue weighted by atomic mass is 16.5. The van der Waals surface area contributed by atoms with Gasteiger partial charge in [-0.15, -0.1) is 0 Å². The quantitative estimate of drug-likeness (QED) is 0.477. The van der Waals surface area contributed by atoms with Crippen molar-refractivity contribution in [1.82, 2.24) is 0 Å². The molecule has 1 heterocycles. The second-order valence-corrected chi connectivity index (χ2v) is 5.95. The van der Waals surface area contributed by atoms with Gasteiger partial charge in [0.1, 0.15) is 17.9 Å². The fourth-order valence-electron chi connectivity index (χ4n) is 2.78. The lowest BCUT2D eigenvalue weighted by Gasteiger charge is -2.07. The Labute approximate surface area is 151 Å². The number of ether oxygens (including phenoxy) is 2. The fraction of sp³-hybridized carbons (Fsp3) is 0.238. The molecule has 0 amide bonds. The number of methoxy groups -OCH3 is 1. The van der Waals surface area contributed by atoms with Gasteiger partial charge >= 0.3 is 11.6 Å². The molecule has 0 bridgehead atoms. The molecule has 3 aromatic rings. The third-order valence-corrected chi connectivity index (χ3v) is 4.11. The Morgan fingerprint density at radius 2 is 1.88 bits per heavy atom. The number of aryl methyl sites for hydroxylation is 1. The first kappa shape index (κ1) is 17.7. The maximum atomic E-state index is 11.9. The Balaban J connectivity index is 1.59. The molecule has 26 heavy (non-hydrogen) atoms. The average molecular weight is 352 g/mol. The van der Waals surface area contributed by atoms with Crippen LogP contribution in [0.5, 0.6) is 5.75 Å². The normalized spacial score (nSPS) is 10.7. The summed E-state index contributed by atoms with van der Waals surface area (Å²) < 4.78 is 15.7. The summed E-state index contributed by atoms with van der Waals surface area (Å²) in [6, 6.07) is 16.4. The van der Waals surface area contributed by atoms with Gasteiger partial charge in [0.15, 0.2) is 0 Å². The third kappa shape index (κ3) is 4.51. The standard InChI is InChI=1S/C21H20O5/c1-24-17-10-11-18-16(12-21(23)26-19(18)13-17)8-5-9-20(22)25-14-15-6-3-2-4-7-15/h2-4,6-7,10-13H,5,8-9,14H2,1H3. The highest BCUT2D eigenvalue weighted by Gasteiger charge is 2.09. The largest absolute Gasteiger partial charge is 0.497 e. The van der Waals surface area contributed by atoms with Gasteiger partial charge in [-0.3, -0.25) is 4.79 Å². The summed E-state index contributed by atoms with van der Waals surface area (Å²) in [6.07, 6.45) is 1.48. The molecule has 0 fully saturated rings. The molecule has 0 spiro atoms. The van der Waals surface area contributed by atoms with E-state index in [9.17, 15) is 9.59 Å². The fourth-order valence-corrected chi connectivity index (χ4v) is 2.78. The van der Waals surface area contributed by atoms with E-state index >= 15 is 0 Å². The monoisotopic (exact) mass is 352 g/mol. The molecule has 134 valence electrons. The van der Waals surface area contributed by atoms with Crippen LogP contribution in [-0.2, 0) is 22.6 Å². The molecular weight excluding hydrogens is 332 g/mol. The van der Waals surface area contributed by atoms with Crippen LogP contribution in [0, 0.1) is 0 Å². The maximum Gasteiger partial charge on any atom is 0.336 e. The SMILES string of the molecule is COc1ccc2c(CCCC(=O)OCc3ccccc3)cc(=O)oc2c1. The number of esters is 1. The van der Waals surface area contributed by atoms with Gasteiger partial charge < -0.3 is 13.9 Å². The van der Waals surface area contributed by atoms with E-state index < -0.39 is 5.63 Å². The molecule has 1 aromatic heterocycles. The van der Waals surface area contributed by atoms with Crippen LogP contribution in [-0.4, -0.2) is 13.1 Å². The van der Waals surface area contributed by atoms with Crippen LogP contribution >= 0.6 is 0 Å². The van der Waals surface area contributed by atoms with Gasteiger partial charge in [0.05, 0.1) is 7.11 Å².